The smallest absolute Gasteiger partial charge is 0.338 e. The van der Waals surface area contributed by atoms with Crippen LogP contribution in [0, 0.1) is 6.92 Å². The van der Waals surface area contributed by atoms with Gasteiger partial charge in [0.1, 0.15) is 6.29 Å². The number of anilines is 1. The van der Waals surface area contributed by atoms with Gasteiger partial charge in [-0.2, -0.15) is 0 Å². The molecule has 0 saturated carbocycles. The highest BCUT2D eigenvalue weighted by atomic mass is 16.5. The zero-order valence-electron chi connectivity index (χ0n) is 14.4. The van der Waals surface area contributed by atoms with Gasteiger partial charge in [-0.05, 0) is 42.3 Å². The van der Waals surface area contributed by atoms with Crippen molar-refractivity contribution in [3.8, 4) is 0 Å². The average Bonchev–Trinajstić information content (AvgIpc) is 2.59. The summed E-state index contributed by atoms with van der Waals surface area (Å²) >= 11 is 0. The van der Waals surface area contributed by atoms with Gasteiger partial charge in [0.05, 0.1) is 12.2 Å². The van der Waals surface area contributed by atoms with Crippen LogP contribution < -0.4 is 4.90 Å². The minimum absolute atomic E-state index is 0.133. The van der Waals surface area contributed by atoms with E-state index in [9.17, 15) is 9.59 Å². The minimum Gasteiger partial charge on any atom is -0.461 e. The largest absolute Gasteiger partial charge is 0.461 e. The Morgan fingerprint density at radius 2 is 1.88 bits per heavy atom. The van der Waals surface area contributed by atoms with Crippen LogP contribution in [0.2, 0.25) is 0 Å². The normalized spacial score (nSPS) is 11.6. The Hall–Kier alpha value is -2.62. The van der Waals surface area contributed by atoms with E-state index in [1.54, 1.807) is 24.3 Å². The lowest BCUT2D eigenvalue weighted by Crippen LogP contribution is -2.15. The third kappa shape index (κ3) is 4.44. The van der Waals surface area contributed by atoms with Gasteiger partial charge < -0.3 is 14.4 Å². The van der Waals surface area contributed by atoms with Gasteiger partial charge >= 0.3 is 5.97 Å². The van der Waals surface area contributed by atoms with E-state index in [1.165, 1.54) is 0 Å². The van der Waals surface area contributed by atoms with Gasteiger partial charge in [-0.1, -0.05) is 24.3 Å². The van der Waals surface area contributed by atoms with Crippen molar-refractivity contribution in [3.05, 3.63) is 65.2 Å². The average molecular weight is 325 g/mol. The number of carbonyl (C=O) groups is 2. The second-order valence-corrected chi connectivity index (χ2v) is 6.00. The number of ether oxygens (including phenoxy) is 1. The number of aldehydes is 1. The lowest BCUT2D eigenvalue weighted by Gasteiger charge is -2.20. The summed E-state index contributed by atoms with van der Waals surface area (Å²) in [7, 11) is 3.97. The molecule has 4 heteroatoms. The molecule has 0 aromatic heterocycles. The summed E-state index contributed by atoms with van der Waals surface area (Å²) in [6, 6.07) is 15.0. The van der Waals surface area contributed by atoms with Crippen molar-refractivity contribution in [2.45, 2.75) is 19.3 Å². The molecule has 0 saturated heterocycles. The predicted molar refractivity (Wildman–Crippen MR) is 95.7 cm³/mol. The fourth-order valence-electron chi connectivity index (χ4n) is 2.63. The number of esters is 1. The highest BCUT2D eigenvalue weighted by Gasteiger charge is 2.17. The molecule has 0 aliphatic heterocycles. The maximum Gasteiger partial charge on any atom is 0.338 e. The molecular formula is C20H23NO3. The third-order valence-electron chi connectivity index (χ3n) is 4.02. The minimum atomic E-state index is -0.367. The van der Waals surface area contributed by atoms with E-state index < -0.39 is 0 Å². The molecule has 0 bridgehead atoms. The molecular weight excluding hydrogens is 302 g/mol. The monoisotopic (exact) mass is 325 g/mol. The fourth-order valence-corrected chi connectivity index (χ4v) is 2.63. The standard InChI is InChI=1S/C20H23NO3/c1-15-13-18(21(2)3)9-10-19(15)17(11-12-22)14-24-20(23)16-7-5-4-6-8-16/h4-10,12-13,17H,11,14H2,1-3H3/t17-/m0/s1. The summed E-state index contributed by atoms with van der Waals surface area (Å²) in [5.74, 6) is -0.500. The van der Waals surface area contributed by atoms with E-state index >= 15 is 0 Å². The maximum atomic E-state index is 12.1. The molecule has 0 amide bonds. The zero-order valence-corrected chi connectivity index (χ0v) is 14.4. The predicted octanol–water partition coefficient (Wildman–Crippen LogP) is 3.59. The van der Waals surface area contributed by atoms with Crippen LogP contribution in [-0.4, -0.2) is 33.0 Å². The summed E-state index contributed by atoms with van der Waals surface area (Å²) < 4.78 is 5.42. The summed E-state index contributed by atoms with van der Waals surface area (Å²) in [6.07, 6.45) is 1.20. The fraction of sp³-hybridized carbons (Fsp3) is 0.300. The molecule has 0 aliphatic carbocycles. The summed E-state index contributed by atoms with van der Waals surface area (Å²) in [6.45, 7) is 2.20. The van der Waals surface area contributed by atoms with E-state index in [1.807, 2.05) is 44.1 Å². The van der Waals surface area contributed by atoms with Crippen LogP contribution >= 0.6 is 0 Å². The van der Waals surface area contributed by atoms with Gasteiger partial charge in [0.15, 0.2) is 0 Å². The van der Waals surface area contributed by atoms with Gasteiger partial charge in [-0.3, -0.25) is 0 Å². The van der Waals surface area contributed by atoms with Gasteiger partial charge in [0, 0.05) is 32.1 Å². The number of nitrogens with zero attached hydrogens (tertiary/aromatic N) is 1. The van der Waals surface area contributed by atoms with Crippen molar-refractivity contribution in [3.63, 3.8) is 0 Å². The first-order valence-corrected chi connectivity index (χ1v) is 7.96. The Balaban J connectivity index is 2.12. The first-order valence-electron chi connectivity index (χ1n) is 7.96. The van der Waals surface area contributed by atoms with Crippen LogP contribution in [0.4, 0.5) is 5.69 Å². The van der Waals surface area contributed by atoms with Crippen LogP contribution in [0.1, 0.15) is 33.8 Å². The first-order chi connectivity index (χ1) is 11.5. The second-order valence-electron chi connectivity index (χ2n) is 6.00. The molecule has 2 rings (SSSR count). The number of carbonyl (C=O) groups excluding carboxylic acids is 2. The lowest BCUT2D eigenvalue weighted by molar-refractivity contribution is -0.108. The third-order valence-corrected chi connectivity index (χ3v) is 4.02. The Morgan fingerprint density at radius 1 is 1.17 bits per heavy atom. The van der Waals surface area contributed by atoms with Crippen molar-refractivity contribution < 1.29 is 14.3 Å². The van der Waals surface area contributed by atoms with E-state index in [0.717, 1.165) is 23.1 Å². The molecule has 4 nitrogen and oxygen atoms in total. The summed E-state index contributed by atoms with van der Waals surface area (Å²) in [5.41, 5.74) is 3.74. The Bertz CT molecular complexity index is 695. The van der Waals surface area contributed by atoms with Crippen LogP contribution in [0.25, 0.3) is 0 Å². The summed E-state index contributed by atoms with van der Waals surface area (Å²) in [4.78, 5) is 25.2. The highest BCUT2D eigenvalue weighted by molar-refractivity contribution is 5.89. The van der Waals surface area contributed by atoms with Crippen LogP contribution in [0.5, 0.6) is 0 Å². The molecule has 2 aromatic carbocycles. The van der Waals surface area contributed by atoms with Gasteiger partial charge in [-0.15, -0.1) is 0 Å². The molecule has 24 heavy (non-hydrogen) atoms. The quantitative estimate of drug-likeness (QED) is 0.576. The Labute approximate surface area is 143 Å². The zero-order chi connectivity index (χ0) is 17.5. The van der Waals surface area contributed by atoms with Crippen LogP contribution in [-0.2, 0) is 9.53 Å². The van der Waals surface area contributed by atoms with Crippen molar-refractivity contribution in [2.75, 3.05) is 25.6 Å². The number of aryl methyl sites for hydroxylation is 1. The van der Waals surface area contributed by atoms with Crippen LogP contribution in [0.15, 0.2) is 48.5 Å². The van der Waals surface area contributed by atoms with Crippen molar-refractivity contribution >= 4 is 17.9 Å². The number of benzene rings is 2. The molecule has 0 aliphatic rings. The van der Waals surface area contributed by atoms with Gasteiger partial charge in [-0.25, -0.2) is 4.79 Å². The molecule has 0 spiro atoms. The SMILES string of the molecule is Cc1cc(N(C)C)ccc1[C@@H](CC=O)COC(=O)c1ccccc1. The lowest BCUT2D eigenvalue weighted by atomic mass is 9.92. The van der Waals surface area contributed by atoms with E-state index in [2.05, 4.69) is 6.07 Å². The van der Waals surface area contributed by atoms with E-state index in [4.69, 9.17) is 4.74 Å². The van der Waals surface area contributed by atoms with Crippen molar-refractivity contribution in [2.24, 2.45) is 0 Å². The highest BCUT2D eigenvalue weighted by Crippen LogP contribution is 2.26. The van der Waals surface area contributed by atoms with Crippen molar-refractivity contribution in [1.82, 2.24) is 0 Å². The molecule has 0 radical (unpaired) electrons. The first kappa shape index (κ1) is 17.7. The molecule has 0 N–H and O–H groups in total. The number of rotatable bonds is 7. The molecule has 126 valence electrons. The second kappa shape index (κ2) is 8.29. The topological polar surface area (TPSA) is 46.6 Å². The van der Waals surface area contributed by atoms with Gasteiger partial charge in [0.2, 0.25) is 0 Å². The van der Waals surface area contributed by atoms with Crippen LogP contribution in [0.3, 0.4) is 0 Å². The van der Waals surface area contributed by atoms with Crippen molar-refractivity contribution in [1.29, 1.82) is 0 Å². The maximum absolute atomic E-state index is 12.1. The summed E-state index contributed by atoms with van der Waals surface area (Å²) in [5, 5.41) is 0. The molecule has 0 heterocycles. The Kier molecular flexibility index (Phi) is 6.13. The number of hydrogen-bond donors (Lipinski definition) is 0. The molecule has 0 fully saturated rings. The van der Waals surface area contributed by atoms with E-state index in [-0.39, 0.29) is 18.5 Å². The number of hydrogen-bond acceptors (Lipinski definition) is 4. The van der Waals surface area contributed by atoms with E-state index in [0.29, 0.717) is 12.0 Å². The Morgan fingerprint density at radius 3 is 2.46 bits per heavy atom. The van der Waals surface area contributed by atoms with Gasteiger partial charge in [0.25, 0.3) is 0 Å². The molecule has 0 unspecified atom stereocenters. The molecule has 1 atom stereocenters. The molecule has 2 aromatic rings.